The van der Waals surface area contributed by atoms with E-state index < -0.39 is 4.92 Å². The van der Waals surface area contributed by atoms with Gasteiger partial charge in [0.25, 0.3) is 5.69 Å². The summed E-state index contributed by atoms with van der Waals surface area (Å²) in [4.78, 5) is 22.0. The molecule has 1 aromatic carbocycles. The number of non-ortho nitro benzene ring substituents is 1. The highest BCUT2D eigenvalue weighted by atomic mass is 16.6. The molecule has 3 rings (SSSR count). The van der Waals surface area contributed by atoms with Crippen LogP contribution in [-0.2, 0) is 6.54 Å². The van der Waals surface area contributed by atoms with E-state index in [2.05, 4.69) is 0 Å². The van der Waals surface area contributed by atoms with E-state index in [1.165, 1.54) is 12.1 Å². The molecule has 0 bridgehead atoms. The Balaban J connectivity index is 2.26. The van der Waals surface area contributed by atoms with Crippen LogP contribution < -0.4 is 0 Å². The summed E-state index contributed by atoms with van der Waals surface area (Å²) in [5, 5.41) is 11.5. The molecule has 0 amide bonds. The first-order valence-corrected chi connectivity index (χ1v) is 5.48. The third kappa shape index (κ3) is 1.43. The van der Waals surface area contributed by atoms with Gasteiger partial charge in [-0.05, 0) is 18.6 Å². The molecule has 5 heteroatoms. The first kappa shape index (κ1) is 10.0. The van der Waals surface area contributed by atoms with Crippen molar-refractivity contribution in [2.75, 3.05) is 0 Å². The minimum absolute atomic E-state index is 0.0629. The van der Waals surface area contributed by atoms with Gasteiger partial charge in [-0.1, -0.05) is 0 Å². The number of nitro groups is 1. The normalized spacial score (nSPS) is 14.9. The molecule has 2 heterocycles. The molecule has 1 aliphatic heterocycles. The van der Waals surface area contributed by atoms with Gasteiger partial charge in [0, 0.05) is 36.0 Å². The molecule has 0 atom stereocenters. The number of Topliss-reactive ketones (excluding diaryl/α,β-unsaturated/α-hetero) is 1. The van der Waals surface area contributed by atoms with Crippen molar-refractivity contribution in [3.63, 3.8) is 0 Å². The maximum Gasteiger partial charge on any atom is 0.270 e. The Kier molecular flexibility index (Phi) is 2.01. The number of aromatic nitrogens is 1. The third-order valence-corrected chi connectivity index (χ3v) is 3.17. The summed E-state index contributed by atoms with van der Waals surface area (Å²) in [7, 11) is 0. The van der Waals surface area contributed by atoms with Crippen molar-refractivity contribution in [1.82, 2.24) is 4.57 Å². The summed E-state index contributed by atoms with van der Waals surface area (Å²) in [6.45, 7) is 0.808. The number of aryl methyl sites for hydroxylation is 1. The van der Waals surface area contributed by atoms with Gasteiger partial charge in [0.15, 0.2) is 5.78 Å². The highest BCUT2D eigenvalue weighted by molar-refractivity contribution is 6.01. The lowest BCUT2D eigenvalue weighted by atomic mass is 10.1. The summed E-state index contributed by atoms with van der Waals surface area (Å²) in [5.74, 6) is 0.120. The second-order valence-corrected chi connectivity index (χ2v) is 4.21. The fraction of sp³-hybridized carbons (Fsp3) is 0.250. The number of ketones is 1. The van der Waals surface area contributed by atoms with Crippen molar-refractivity contribution < 1.29 is 9.72 Å². The first-order valence-electron chi connectivity index (χ1n) is 5.48. The molecule has 0 unspecified atom stereocenters. The Morgan fingerprint density at radius 1 is 1.29 bits per heavy atom. The van der Waals surface area contributed by atoms with E-state index in [0.717, 1.165) is 23.9 Å². The molecule has 2 aromatic rings. The minimum Gasteiger partial charge on any atom is -0.338 e. The lowest BCUT2D eigenvalue weighted by Crippen LogP contribution is -2.15. The van der Waals surface area contributed by atoms with Crippen LogP contribution in [0.5, 0.6) is 0 Å². The summed E-state index contributed by atoms with van der Waals surface area (Å²) in [6.07, 6.45) is 1.41. The highest BCUT2D eigenvalue weighted by Crippen LogP contribution is 2.28. The van der Waals surface area contributed by atoms with E-state index in [9.17, 15) is 14.9 Å². The lowest BCUT2D eigenvalue weighted by Gasteiger charge is -2.14. The topological polar surface area (TPSA) is 65.1 Å². The summed E-state index contributed by atoms with van der Waals surface area (Å²) in [5.41, 5.74) is 1.64. The molecule has 0 saturated carbocycles. The van der Waals surface area contributed by atoms with Crippen LogP contribution in [0.2, 0.25) is 0 Å². The summed E-state index contributed by atoms with van der Waals surface area (Å²) < 4.78 is 1.95. The zero-order valence-electron chi connectivity index (χ0n) is 9.05. The number of nitrogens with zero attached hydrogens (tertiary/aromatic N) is 2. The predicted octanol–water partition coefficient (Wildman–Crippen LogP) is 2.53. The van der Waals surface area contributed by atoms with E-state index >= 15 is 0 Å². The number of hydrogen-bond acceptors (Lipinski definition) is 3. The van der Waals surface area contributed by atoms with Crippen LogP contribution in [-0.4, -0.2) is 15.3 Å². The number of fused-ring (bicyclic) bond motifs is 3. The van der Waals surface area contributed by atoms with Crippen molar-refractivity contribution in [3.05, 3.63) is 40.1 Å². The molecule has 0 N–H and O–H groups in total. The fourth-order valence-corrected chi connectivity index (χ4v) is 2.37. The van der Waals surface area contributed by atoms with Crippen LogP contribution in [0.1, 0.15) is 23.3 Å². The zero-order chi connectivity index (χ0) is 12.0. The van der Waals surface area contributed by atoms with E-state index in [-0.39, 0.29) is 11.5 Å². The number of rotatable bonds is 1. The quantitative estimate of drug-likeness (QED) is 0.558. The second-order valence-electron chi connectivity index (χ2n) is 4.21. The Morgan fingerprint density at radius 3 is 2.88 bits per heavy atom. The minimum atomic E-state index is -0.419. The second kappa shape index (κ2) is 3.41. The Morgan fingerprint density at radius 2 is 2.12 bits per heavy atom. The third-order valence-electron chi connectivity index (χ3n) is 3.17. The fourth-order valence-electron chi connectivity index (χ4n) is 2.37. The van der Waals surface area contributed by atoms with Crippen LogP contribution in [0, 0.1) is 10.1 Å². The van der Waals surface area contributed by atoms with Crippen molar-refractivity contribution in [2.24, 2.45) is 0 Å². The largest absolute Gasteiger partial charge is 0.338 e. The molecule has 0 fully saturated rings. The van der Waals surface area contributed by atoms with E-state index in [0.29, 0.717) is 12.1 Å². The SMILES string of the molecule is O=C1CCCn2c1cc1cc([N+](=O)[O-])ccc12. The molecule has 0 aliphatic carbocycles. The standard InChI is InChI=1S/C12H10N2O3/c15-12-2-1-5-13-10-4-3-9(14(16)17)6-8(10)7-11(12)13/h3-4,6-7H,1-2,5H2. The Bertz CT molecular complexity index is 642. The van der Waals surface area contributed by atoms with Gasteiger partial charge in [-0.15, -0.1) is 0 Å². The monoisotopic (exact) mass is 230 g/mol. The van der Waals surface area contributed by atoms with Crippen LogP contribution in [0.4, 0.5) is 5.69 Å². The summed E-state index contributed by atoms with van der Waals surface area (Å²) in [6, 6.07) is 6.47. The van der Waals surface area contributed by atoms with Gasteiger partial charge in [0.05, 0.1) is 10.6 Å². The van der Waals surface area contributed by atoms with Gasteiger partial charge in [-0.2, -0.15) is 0 Å². The lowest BCUT2D eigenvalue weighted by molar-refractivity contribution is -0.384. The van der Waals surface area contributed by atoms with Gasteiger partial charge in [-0.3, -0.25) is 14.9 Å². The van der Waals surface area contributed by atoms with Gasteiger partial charge < -0.3 is 4.57 Å². The average Bonchev–Trinajstić information content (AvgIpc) is 2.68. The van der Waals surface area contributed by atoms with Gasteiger partial charge >= 0.3 is 0 Å². The zero-order valence-corrected chi connectivity index (χ0v) is 9.05. The van der Waals surface area contributed by atoms with E-state index in [1.807, 2.05) is 4.57 Å². The molecular formula is C12H10N2O3. The number of hydrogen-bond donors (Lipinski definition) is 0. The summed E-state index contributed by atoms with van der Waals surface area (Å²) >= 11 is 0. The number of carbonyl (C=O) groups excluding carboxylic acids is 1. The number of nitro benzene ring substituents is 1. The molecule has 0 radical (unpaired) electrons. The Hall–Kier alpha value is -2.17. The molecule has 1 aliphatic rings. The van der Waals surface area contributed by atoms with Crippen LogP contribution in [0.25, 0.3) is 10.9 Å². The molecule has 0 saturated heterocycles. The Labute approximate surface area is 96.8 Å². The van der Waals surface area contributed by atoms with E-state index in [4.69, 9.17) is 0 Å². The highest BCUT2D eigenvalue weighted by Gasteiger charge is 2.20. The molecular weight excluding hydrogens is 220 g/mol. The van der Waals surface area contributed by atoms with Gasteiger partial charge in [0.1, 0.15) is 0 Å². The van der Waals surface area contributed by atoms with Crippen molar-refractivity contribution in [1.29, 1.82) is 0 Å². The van der Waals surface area contributed by atoms with Crippen molar-refractivity contribution in [2.45, 2.75) is 19.4 Å². The van der Waals surface area contributed by atoms with Crippen LogP contribution in [0.15, 0.2) is 24.3 Å². The van der Waals surface area contributed by atoms with Crippen LogP contribution >= 0.6 is 0 Å². The first-order chi connectivity index (χ1) is 8.16. The predicted molar refractivity (Wildman–Crippen MR) is 62.2 cm³/mol. The smallest absolute Gasteiger partial charge is 0.270 e. The molecule has 86 valence electrons. The number of carbonyl (C=O) groups is 1. The molecule has 1 aromatic heterocycles. The van der Waals surface area contributed by atoms with Crippen molar-refractivity contribution >= 4 is 22.4 Å². The number of benzene rings is 1. The van der Waals surface area contributed by atoms with Gasteiger partial charge in [-0.25, -0.2) is 0 Å². The van der Waals surface area contributed by atoms with E-state index in [1.54, 1.807) is 12.1 Å². The van der Waals surface area contributed by atoms with Crippen LogP contribution in [0.3, 0.4) is 0 Å². The maximum absolute atomic E-state index is 11.7. The average molecular weight is 230 g/mol. The molecule has 0 spiro atoms. The molecule has 5 nitrogen and oxygen atoms in total. The van der Waals surface area contributed by atoms with Crippen molar-refractivity contribution in [3.8, 4) is 0 Å². The molecule has 17 heavy (non-hydrogen) atoms. The van der Waals surface area contributed by atoms with Gasteiger partial charge in [0.2, 0.25) is 0 Å². The maximum atomic E-state index is 11.7.